The molecule has 1 aliphatic rings. The van der Waals surface area contributed by atoms with Crippen LogP contribution in [0.2, 0.25) is 0 Å². The summed E-state index contributed by atoms with van der Waals surface area (Å²) < 4.78 is 10.8. The van der Waals surface area contributed by atoms with E-state index < -0.39 is 0 Å². The molecule has 0 saturated heterocycles. The molecular weight excluding hydrogens is 478 g/mol. The number of nitrogens with zero attached hydrogens (tertiary/aromatic N) is 2. The van der Waals surface area contributed by atoms with Crippen molar-refractivity contribution in [1.82, 2.24) is 14.8 Å². The van der Waals surface area contributed by atoms with Crippen molar-refractivity contribution in [2.75, 3.05) is 27.3 Å². The van der Waals surface area contributed by atoms with Crippen LogP contribution in [-0.2, 0) is 17.8 Å². The van der Waals surface area contributed by atoms with Crippen LogP contribution in [0.4, 0.5) is 0 Å². The molecule has 5 rings (SSSR count). The number of aromatic nitrogens is 1. The van der Waals surface area contributed by atoms with Crippen molar-refractivity contribution in [1.29, 1.82) is 0 Å². The van der Waals surface area contributed by atoms with Crippen LogP contribution < -0.4 is 9.47 Å². The lowest BCUT2D eigenvalue weighted by atomic mass is 10.1. The fraction of sp³-hybridized carbons (Fsp3) is 0.290. The Labute approximate surface area is 223 Å². The number of para-hydroxylation sites is 2. The number of amides is 2. The molecule has 1 aromatic heterocycles. The number of H-pyrrole nitrogens is 1. The van der Waals surface area contributed by atoms with Crippen LogP contribution in [0.15, 0.2) is 79.0 Å². The van der Waals surface area contributed by atoms with Crippen LogP contribution in [0.3, 0.4) is 0 Å². The molecule has 0 bridgehead atoms. The molecule has 196 valence electrons. The third-order valence-electron chi connectivity index (χ3n) is 7.12. The number of hydrogen-bond donors (Lipinski definition) is 1. The minimum atomic E-state index is -0.127. The van der Waals surface area contributed by atoms with E-state index in [1.54, 1.807) is 43.4 Å². The van der Waals surface area contributed by atoms with Gasteiger partial charge in [0.15, 0.2) is 0 Å². The molecule has 1 saturated carbocycles. The normalized spacial score (nSPS) is 12.8. The van der Waals surface area contributed by atoms with E-state index in [1.807, 2.05) is 47.5 Å². The molecule has 7 nitrogen and oxygen atoms in total. The molecule has 2 amide bonds. The maximum Gasteiger partial charge on any atom is 0.254 e. The zero-order valence-electron chi connectivity index (χ0n) is 21.9. The number of rotatable bonds is 11. The van der Waals surface area contributed by atoms with Crippen molar-refractivity contribution >= 4 is 22.7 Å². The van der Waals surface area contributed by atoms with Crippen molar-refractivity contribution in [3.05, 3.63) is 95.7 Å². The fourth-order valence-electron chi connectivity index (χ4n) is 4.82. The molecule has 7 heteroatoms. The van der Waals surface area contributed by atoms with Crippen LogP contribution in [0, 0.1) is 0 Å². The molecule has 1 aliphatic carbocycles. The number of carbonyl (C=O) groups excluding carboxylic acids is 2. The highest BCUT2D eigenvalue weighted by molar-refractivity contribution is 5.97. The number of fused-ring (bicyclic) bond motifs is 1. The van der Waals surface area contributed by atoms with Crippen LogP contribution in [0.25, 0.3) is 10.9 Å². The lowest BCUT2D eigenvalue weighted by Crippen LogP contribution is -2.44. The number of carbonyl (C=O) groups is 2. The highest BCUT2D eigenvalue weighted by atomic mass is 16.5. The highest BCUT2D eigenvalue weighted by Crippen LogP contribution is 2.29. The molecule has 3 aromatic carbocycles. The van der Waals surface area contributed by atoms with Crippen LogP contribution in [0.5, 0.6) is 11.5 Å². The Bertz CT molecular complexity index is 1410. The lowest BCUT2D eigenvalue weighted by Gasteiger charge is -2.28. The van der Waals surface area contributed by atoms with E-state index in [2.05, 4.69) is 17.1 Å². The van der Waals surface area contributed by atoms with Crippen molar-refractivity contribution in [3.63, 3.8) is 0 Å². The van der Waals surface area contributed by atoms with Gasteiger partial charge >= 0.3 is 0 Å². The molecule has 0 spiro atoms. The second-order valence-electron chi connectivity index (χ2n) is 9.63. The Morgan fingerprint density at radius 1 is 0.895 bits per heavy atom. The van der Waals surface area contributed by atoms with E-state index >= 15 is 0 Å². The van der Waals surface area contributed by atoms with Gasteiger partial charge in [-0.1, -0.05) is 36.4 Å². The maximum atomic E-state index is 13.8. The summed E-state index contributed by atoms with van der Waals surface area (Å²) >= 11 is 0. The SMILES string of the molecule is COc1ccc(C(=O)N(CC(=O)N(CCc2c[nH]c3ccccc23)Cc2ccccc2OC)C2CC2)cc1. The fourth-order valence-corrected chi connectivity index (χ4v) is 4.82. The van der Waals surface area contributed by atoms with Gasteiger partial charge in [-0.2, -0.15) is 0 Å². The number of aromatic amines is 1. The van der Waals surface area contributed by atoms with Gasteiger partial charge in [-0.3, -0.25) is 9.59 Å². The lowest BCUT2D eigenvalue weighted by molar-refractivity contribution is -0.132. The van der Waals surface area contributed by atoms with Crippen LogP contribution in [0.1, 0.15) is 34.3 Å². The molecule has 4 aromatic rings. The Kier molecular flexibility index (Phi) is 7.63. The van der Waals surface area contributed by atoms with E-state index in [0.717, 1.165) is 40.6 Å². The standard InChI is InChI=1S/C31H33N3O4/c1-37-26-15-11-22(12-16-26)31(36)34(25-13-14-25)21-30(35)33(20-24-7-3-6-10-29(24)38-2)18-17-23-19-32-28-9-5-4-8-27(23)28/h3-12,15-16,19,25,32H,13-14,17-18,20-21H2,1-2H3. The molecule has 0 aliphatic heterocycles. The third-order valence-corrected chi connectivity index (χ3v) is 7.12. The van der Waals surface area contributed by atoms with Crippen LogP contribution in [-0.4, -0.2) is 59.9 Å². The Balaban J connectivity index is 1.36. The summed E-state index contributed by atoms with van der Waals surface area (Å²) in [5.41, 5.74) is 3.73. The first kappa shape index (κ1) is 25.4. The van der Waals surface area contributed by atoms with Crippen molar-refractivity contribution in [3.8, 4) is 11.5 Å². The minimum absolute atomic E-state index is 0.0402. The zero-order valence-corrected chi connectivity index (χ0v) is 21.9. The average molecular weight is 512 g/mol. The second-order valence-corrected chi connectivity index (χ2v) is 9.63. The predicted octanol–water partition coefficient (Wildman–Crippen LogP) is 5.06. The molecule has 0 unspecified atom stereocenters. The number of methoxy groups -OCH3 is 2. The summed E-state index contributed by atoms with van der Waals surface area (Å²) in [4.78, 5) is 34.1. The van der Waals surface area contributed by atoms with Crippen molar-refractivity contribution in [2.45, 2.75) is 31.8 Å². The largest absolute Gasteiger partial charge is 0.497 e. The summed E-state index contributed by atoms with van der Waals surface area (Å²) in [5, 5.41) is 1.16. The van der Waals surface area contributed by atoms with Gasteiger partial charge in [0.05, 0.1) is 14.2 Å². The molecule has 0 atom stereocenters. The minimum Gasteiger partial charge on any atom is -0.497 e. The molecular formula is C31H33N3O4. The number of ether oxygens (including phenoxy) is 2. The first-order valence-corrected chi connectivity index (χ1v) is 13.0. The monoisotopic (exact) mass is 511 g/mol. The summed E-state index contributed by atoms with van der Waals surface area (Å²) in [6.45, 7) is 0.965. The zero-order chi connectivity index (χ0) is 26.5. The van der Waals surface area contributed by atoms with Gasteiger partial charge in [-0.05, 0) is 61.2 Å². The van der Waals surface area contributed by atoms with Gasteiger partial charge in [-0.25, -0.2) is 0 Å². The summed E-state index contributed by atoms with van der Waals surface area (Å²) in [5.74, 6) is 1.23. The highest BCUT2D eigenvalue weighted by Gasteiger charge is 2.35. The summed E-state index contributed by atoms with van der Waals surface area (Å²) in [7, 11) is 3.23. The molecule has 1 N–H and O–H groups in total. The molecule has 38 heavy (non-hydrogen) atoms. The smallest absolute Gasteiger partial charge is 0.254 e. The molecule has 1 heterocycles. The van der Waals surface area contributed by atoms with E-state index in [9.17, 15) is 9.59 Å². The van der Waals surface area contributed by atoms with Crippen LogP contribution >= 0.6 is 0 Å². The molecule has 0 radical (unpaired) electrons. The van der Waals surface area contributed by atoms with Gasteiger partial charge < -0.3 is 24.3 Å². The number of benzene rings is 3. The maximum absolute atomic E-state index is 13.8. The second kappa shape index (κ2) is 11.4. The summed E-state index contributed by atoms with van der Waals surface area (Å²) in [6, 6.07) is 23.1. The van der Waals surface area contributed by atoms with E-state index in [0.29, 0.717) is 30.8 Å². The Morgan fingerprint density at radius 2 is 1.63 bits per heavy atom. The van der Waals surface area contributed by atoms with Crippen molar-refractivity contribution < 1.29 is 19.1 Å². The van der Waals surface area contributed by atoms with E-state index in [1.165, 1.54) is 0 Å². The third kappa shape index (κ3) is 5.67. The van der Waals surface area contributed by atoms with Gasteiger partial charge in [0.1, 0.15) is 18.0 Å². The van der Waals surface area contributed by atoms with Gasteiger partial charge in [-0.15, -0.1) is 0 Å². The molecule has 1 fully saturated rings. The van der Waals surface area contributed by atoms with Gasteiger partial charge in [0, 0.05) is 47.4 Å². The first-order chi connectivity index (χ1) is 18.6. The topological polar surface area (TPSA) is 74.9 Å². The number of nitrogens with one attached hydrogen (secondary N) is 1. The van der Waals surface area contributed by atoms with Crippen molar-refractivity contribution in [2.24, 2.45) is 0 Å². The van der Waals surface area contributed by atoms with Gasteiger partial charge in [0.25, 0.3) is 5.91 Å². The Morgan fingerprint density at radius 3 is 2.37 bits per heavy atom. The average Bonchev–Trinajstić information content (AvgIpc) is 3.73. The predicted molar refractivity (Wildman–Crippen MR) is 147 cm³/mol. The van der Waals surface area contributed by atoms with E-state index in [-0.39, 0.29) is 24.4 Å². The summed E-state index contributed by atoms with van der Waals surface area (Å²) in [6.07, 6.45) is 4.54. The van der Waals surface area contributed by atoms with E-state index in [4.69, 9.17) is 9.47 Å². The Hall–Kier alpha value is -4.26. The van der Waals surface area contributed by atoms with Gasteiger partial charge in [0.2, 0.25) is 5.91 Å². The quantitative estimate of drug-likeness (QED) is 0.305. The number of hydrogen-bond acceptors (Lipinski definition) is 4. The first-order valence-electron chi connectivity index (χ1n) is 13.0.